The maximum atomic E-state index is 12.2. The Labute approximate surface area is 160 Å². The van der Waals surface area contributed by atoms with E-state index in [4.69, 9.17) is 0 Å². The van der Waals surface area contributed by atoms with Crippen LogP contribution in [0.15, 0.2) is 17.5 Å². The fourth-order valence-corrected chi connectivity index (χ4v) is 5.21. The van der Waals surface area contributed by atoms with Crippen LogP contribution >= 0.6 is 22.7 Å². The van der Waals surface area contributed by atoms with Crippen molar-refractivity contribution in [1.29, 1.82) is 0 Å². The molecule has 1 saturated carbocycles. The summed E-state index contributed by atoms with van der Waals surface area (Å²) in [6, 6.07) is 4.03. The molecule has 138 valence electrons. The fraction of sp³-hybridized carbons (Fsp3) is 0.500. The van der Waals surface area contributed by atoms with E-state index in [0.29, 0.717) is 22.6 Å². The largest absolute Gasteiger partial charge is 0.352 e. The first-order valence-electron chi connectivity index (χ1n) is 9.02. The van der Waals surface area contributed by atoms with Gasteiger partial charge in [-0.05, 0) is 24.3 Å². The van der Waals surface area contributed by atoms with Crippen LogP contribution in [0, 0.1) is 0 Å². The van der Waals surface area contributed by atoms with E-state index < -0.39 is 0 Å². The molecule has 2 aliphatic rings. The maximum Gasteiger partial charge on any atom is 0.267 e. The first-order valence-corrected chi connectivity index (χ1v) is 10.7. The van der Waals surface area contributed by atoms with Crippen molar-refractivity contribution in [1.82, 2.24) is 15.2 Å². The highest BCUT2D eigenvalue weighted by molar-refractivity contribution is 7.16. The quantitative estimate of drug-likeness (QED) is 0.823. The summed E-state index contributed by atoms with van der Waals surface area (Å²) in [6.45, 7) is 1.98. The number of anilines is 1. The monoisotopic (exact) mass is 390 g/mol. The second kappa shape index (κ2) is 7.85. The molecule has 2 amide bonds. The van der Waals surface area contributed by atoms with Gasteiger partial charge in [0.25, 0.3) is 5.91 Å². The molecule has 0 radical (unpaired) electrons. The molecule has 0 saturated heterocycles. The third-order valence-corrected chi connectivity index (χ3v) is 6.73. The molecule has 0 bridgehead atoms. The Morgan fingerprint density at radius 2 is 2.15 bits per heavy atom. The second-order valence-corrected chi connectivity index (χ2v) is 8.86. The molecule has 0 unspecified atom stereocenters. The van der Waals surface area contributed by atoms with E-state index in [2.05, 4.69) is 20.5 Å². The number of rotatable bonds is 5. The third-order valence-electron chi connectivity index (χ3n) is 4.86. The minimum atomic E-state index is -0.112. The number of carbonyl (C=O) groups is 2. The molecule has 1 aliphatic carbocycles. The standard InChI is InChI=1S/C18H22N4O2S2/c23-16(19-12-4-1-2-5-12)11-22-8-7-13-15(10-22)26-18(20-13)21-17(24)14-6-3-9-25-14/h3,6,9,12H,1-2,4-5,7-8,10-11H2,(H,19,23)(H,20,21,24). The zero-order valence-electron chi connectivity index (χ0n) is 14.5. The lowest BCUT2D eigenvalue weighted by atomic mass is 10.2. The van der Waals surface area contributed by atoms with E-state index in [1.165, 1.54) is 35.5 Å². The Kier molecular flexibility index (Phi) is 5.33. The van der Waals surface area contributed by atoms with Crippen molar-refractivity contribution in [3.05, 3.63) is 33.0 Å². The number of hydrogen-bond donors (Lipinski definition) is 2. The minimum absolute atomic E-state index is 0.112. The number of nitrogens with zero attached hydrogens (tertiary/aromatic N) is 2. The lowest BCUT2D eigenvalue weighted by Crippen LogP contribution is -2.42. The lowest BCUT2D eigenvalue weighted by Gasteiger charge is -2.25. The van der Waals surface area contributed by atoms with E-state index in [1.807, 2.05) is 11.4 Å². The summed E-state index contributed by atoms with van der Waals surface area (Å²) in [5, 5.41) is 8.56. The Balaban J connectivity index is 1.32. The molecule has 1 aliphatic heterocycles. The van der Waals surface area contributed by atoms with Gasteiger partial charge in [-0.25, -0.2) is 4.98 Å². The van der Waals surface area contributed by atoms with Crippen molar-refractivity contribution in [3.63, 3.8) is 0 Å². The van der Waals surface area contributed by atoms with Crippen LogP contribution in [0.3, 0.4) is 0 Å². The number of fused-ring (bicyclic) bond motifs is 1. The number of thiazole rings is 1. The van der Waals surface area contributed by atoms with Crippen molar-refractivity contribution in [2.45, 2.75) is 44.7 Å². The molecule has 2 aromatic rings. The Morgan fingerprint density at radius 3 is 2.92 bits per heavy atom. The highest BCUT2D eigenvalue weighted by Crippen LogP contribution is 2.29. The molecule has 2 aromatic heterocycles. The molecule has 26 heavy (non-hydrogen) atoms. The van der Waals surface area contributed by atoms with Crippen LogP contribution in [-0.2, 0) is 17.8 Å². The van der Waals surface area contributed by atoms with Gasteiger partial charge < -0.3 is 5.32 Å². The molecule has 0 atom stereocenters. The Hall–Kier alpha value is -1.77. The summed E-state index contributed by atoms with van der Waals surface area (Å²) < 4.78 is 0. The van der Waals surface area contributed by atoms with Crippen LogP contribution in [0.4, 0.5) is 5.13 Å². The first-order chi connectivity index (χ1) is 12.7. The fourth-order valence-electron chi connectivity index (χ4n) is 3.55. The van der Waals surface area contributed by atoms with E-state index in [9.17, 15) is 9.59 Å². The van der Waals surface area contributed by atoms with E-state index in [0.717, 1.165) is 42.9 Å². The molecule has 3 heterocycles. The number of nitrogens with one attached hydrogen (secondary N) is 2. The molecule has 0 spiro atoms. The van der Waals surface area contributed by atoms with E-state index >= 15 is 0 Å². The zero-order valence-corrected chi connectivity index (χ0v) is 16.1. The SMILES string of the molecule is O=C(CN1CCc2nc(NC(=O)c3cccs3)sc2C1)NC1CCCC1. The van der Waals surface area contributed by atoms with Gasteiger partial charge in [-0.2, -0.15) is 0 Å². The summed E-state index contributed by atoms with van der Waals surface area (Å²) in [5.74, 6) is 0.00924. The van der Waals surface area contributed by atoms with Gasteiger partial charge in [-0.3, -0.25) is 19.8 Å². The van der Waals surface area contributed by atoms with Crippen LogP contribution in [0.2, 0.25) is 0 Å². The van der Waals surface area contributed by atoms with E-state index in [-0.39, 0.29) is 11.8 Å². The van der Waals surface area contributed by atoms with Crippen molar-refractivity contribution < 1.29 is 9.59 Å². The predicted molar refractivity (Wildman–Crippen MR) is 104 cm³/mol. The number of amides is 2. The highest BCUT2D eigenvalue weighted by Gasteiger charge is 2.24. The van der Waals surface area contributed by atoms with Gasteiger partial charge >= 0.3 is 0 Å². The van der Waals surface area contributed by atoms with Crippen LogP contribution in [-0.4, -0.2) is 40.8 Å². The predicted octanol–water partition coefficient (Wildman–Crippen LogP) is 2.87. The van der Waals surface area contributed by atoms with Gasteiger partial charge in [-0.15, -0.1) is 22.7 Å². The lowest BCUT2D eigenvalue weighted by molar-refractivity contribution is -0.123. The summed E-state index contributed by atoms with van der Waals surface area (Å²) in [5.41, 5.74) is 1.05. The second-order valence-electron chi connectivity index (χ2n) is 6.83. The Morgan fingerprint density at radius 1 is 1.31 bits per heavy atom. The smallest absolute Gasteiger partial charge is 0.267 e. The topological polar surface area (TPSA) is 74.3 Å². The molecule has 8 heteroatoms. The summed E-state index contributed by atoms with van der Waals surface area (Å²) in [4.78, 5) is 33.0. The number of hydrogen-bond acceptors (Lipinski definition) is 6. The normalized spacial score (nSPS) is 17.8. The van der Waals surface area contributed by atoms with Crippen molar-refractivity contribution in [3.8, 4) is 0 Å². The maximum absolute atomic E-state index is 12.2. The highest BCUT2D eigenvalue weighted by atomic mass is 32.1. The zero-order chi connectivity index (χ0) is 17.9. The van der Waals surface area contributed by atoms with Gasteiger partial charge in [0.05, 0.1) is 17.1 Å². The van der Waals surface area contributed by atoms with Crippen LogP contribution in [0.25, 0.3) is 0 Å². The molecule has 4 rings (SSSR count). The van der Waals surface area contributed by atoms with Gasteiger partial charge in [0, 0.05) is 30.4 Å². The average molecular weight is 391 g/mol. The van der Waals surface area contributed by atoms with Crippen molar-refractivity contribution in [2.24, 2.45) is 0 Å². The third kappa shape index (κ3) is 4.13. The van der Waals surface area contributed by atoms with E-state index in [1.54, 1.807) is 6.07 Å². The molecule has 2 N–H and O–H groups in total. The molecular formula is C18H22N4O2S2. The van der Waals surface area contributed by atoms with Crippen molar-refractivity contribution in [2.75, 3.05) is 18.4 Å². The van der Waals surface area contributed by atoms with Crippen molar-refractivity contribution >= 4 is 39.6 Å². The summed E-state index contributed by atoms with van der Waals surface area (Å²) in [6.07, 6.45) is 5.48. The van der Waals surface area contributed by atoms with Crippen LogP contribution in [0.1, 0.15) is 45.9 Å². The summed E-state index contributed by atoms with van der Waals surface area (Å²) >= 11 is 2.93. The van der Waals surface area contributed by atoms with Gasteiger partial charge in [0.15, 0.2) is 5.13 Å². The number of thiophene rings is 1. The van der Waals surface area contributed by atoms with Crippen LogP contribution in [0.5, 0.6) is 0 Å². The average Bonchev–Trinajstić information content (AvgIpc) is 3.35. The molecular weight excluding hydrogens is 368 g/mol. The molecule has 6 nitrogen and oxygen atoms in total. The van der Waals surface area contributed by atoms with Gasteiger partial charge in [0.2, 0.25) is 5.91 Å². The molecule has 1 fully saturated rings. The van der Waals surface area contributed by atoms with Gasteiger partial charge in [-0.1, -0.05) is 18.9 Å². The molecule has 0 aromatic carbocycles. The number of aromatic nitrogens is 1. The number of carbonyl (C=O) groups excluding carboxylic acids is 2. The Bertz CT molecular complexity index is 781. The van der Waals surface area contributed by atoms with Crippen LogP contribution < -0.4 is 10.6 Å². The first kappa shape index (κ1) is 17.6. The minimum Gasteiger partial charge on any atom is -0.352 e. The van der Waals surface area contributed by atoms with Gasteiger partial charge in [0.1, 0.15) is 0 Å². The summed E-state index contributed by atoms with van der Waals surface area (Å²) in [7, 11) is 0.